The van der Waals surface area contributed by atoms with Crippen molar-refractivity contribution in [3.63, 3.8) is 0 Å². The Morgan fingerprint density at radius 2 is 2.16 bits per heavy atom. The van der Waals surface area contributed by atoms with Gasteiger partial charge in [-0.3, -0.25) is 14.6 Å². The van der Waals surface area contributed by atoms with Gasteiger partial charge < -0.3 is 4.42 Å². The zero-order valence-corrected chi connectivity index (χ0v) is 17.1. The number of hydrogen-bond donors (Lipinski definition) is 0. The number of hydrogen-bond acceptors (Lipinski definition) is 5. The van der Waals surface area contributed by atoms with Gasteiger partial charge in [-0.2, -0.15) is 0 Å². The summed E-state index contributed by atoms with van der Waals surface area (Å²) in [7, 11) is 1.96. The Bertz CT molecular complexity index is 682. The molecular formula is C18H24BrN3O2S. The van der Waals surface area contributed by atoms with Crippen molar-refractivity contribution in [3.8, 4) is 0 Å². The van der Waals surface area contributed by atoms with Gasteiger partial charge in [0.05, 0.1) is 12.6 Å². The highest BCUT2D eigenvalue weighted by Crippen LogP contribution is 2.30. The van der Waals surface area contributed by atoms with Gasteiger partial charge in [-0.05, 0) is 54.9 Å². The van der Waals surface area contributed by atoms with Crippen LogP contribution in [0, 0.1) is 0 Å². The highest BCUT2D eigenvalue weighted by molar-refractivity contribution is 9.10. The second kappa shape index (κ2) is 8.47. The number of carbonyl (C=O) groups is 1. The fourth-order valence-corrected chi connectivity index (χ4v) is 4.37. The fraction of sp³-hybridized carbons (Fsp3) is 0.556. The normalized spacial score (nSPS) is 17.0. The minimum atomic E-state index is -0.241. The Morgan fingerprint density at radius 3 is 2.76 bits per heavy atom. The van der Waals surface area contributed by atoms with Gasteiger partial charge in [-0.1, -0.05) is 19.3 Å². The molecule has 1 aliphatic carbocycles. The maximum atomic E-state index is 13.3. The second-order valence-electron chi connectivity index (χ2n) is 6.61. The van der Waals surface area contributed by atoms with Crippen molar-refractivity contribution in [2.75, 3.05) is 11.9 Å². The lowest BCUT2D eigenvalue weighted by atomic mass is 9.94. The van der Waals surface area contributed by atoms with Gasteiger partial charge in [0, 0.05) is 17.6 Å². The lowest BCUT2D eigenvalue weighted by molar-refractivity contribution is -0.123. The average molecular weight is 426 g/mol. The molecule has 0 aliphatic heterocycles. The second-order valence-corrected chi connectivity index (χ2v) is 8.27. The summed E-state index contributed by atoms with van der Waals surface area (Å²) in [6.45, 7) is 2.55. The van der Waals surface area contributed by atoms with Crippen molar-refractivity contribution < 1.29 is 9.21 Å². The summed E-state index contributed by atoms with van der Waals surface area (Å²) in [6.07, 6.45) is 7.53. The number of halogens is 1. The van der Waals surface area contributed by atoms with Crippen LogP contribution in [0.4, 0.5) is 5.13 Å². The molecule has 1 saturated carbocycles. The van der Waals surface area contributed by atoms with Crippen LogP contribution in [-0.2, 0) is 11.3 Å². The number of nitrogens with zero attached hydrogens (tertiary/aromatic N) is 3. The average Bonchev–Trinajstić information content (AvgIpc) is 3.27. The first kappa shape index (κ1) is 18.6. The first-order valence-electron chi connectivity index (χ1n) is 8.73. The Labute approximate surface area is 161 Å². The van der Waals surface area contributed by atoms with Crippen LogP contribution in [0.1, 0.15) is 44.8 Å². The van der Waals surface area contributed by atoms with E-state index in [9.17, 15) is 4.79 Å². The molecule has 2 aromatic heterocycles. The van der Waals surface area contributed by atoms with Crippen LogP contribution < -0.4 is 4.90 Å². The number of carbonyl (C=O) groups excluding carboxylic acids is 1. The molecule has 0 saturated heterocycles. The molecule has 5 nitrogen and oxygen atoms in total. The van der Waals surface area contributed by atoms with E-state index in [2.05, 4.69) is 20.9 Å². The van der Waals surface area contributed by atoms with Gasteiger partial charge >= 0.3 is 0 Å². The molecule has 1 amide bonds. The van der Waals surface area contributed by atoms with E-state index in [4.69, 9.17) is 4.42 Å². The quantitative estimate of drug-likeness (QED) is 0.673. The lowest BCUT2D eigenvalue weighted by Crippen LogP contribution is -2.50. The van der Waals surface area contributed by atoms with E-state index in [0.717, 1.165) is 23.7 Å². The Kier molecular flexibility index (Phi) is 6.30. The molecule has 1 atom stereocenters. The van der Waals surface area contributed by atoms with Crippen molar-refractivity contribution in [3.05, 3.63) is 34.1 Å². The summed E-state index contributed by atoms with van der Waals surface area (Å²) in [5.74, 6) is 0.961. The largest absolute Gasteiger partial charge is 0.453 e. The fourth-order valence-electron chi connectivity index (χ4n) is 3.31. The van der Waals surface area contributed by atoms with Gasteiger partial charge in [-0.15, -0.1) is 11.3 Å². The lowest BCUT2D eigenvalue weighted by Gasteiger charge is -2.36. The number of aromatic nitrogens is 1. The van der Waals surface area contributed by atoms with Crippen LogP contribution in [0.15, 0.2) is 32.8 Å². The number of rotatable bonds is 6. The van der Waals surface area contributed by atoms with Crippen LogP contribution in [0.2, 0.25) is 0 Å². The summed E-state index contributed by atoms with van der Waals surface area (Å²) in [4.78, 5) is 21.7. The molecule has 25 heavy (non-hydrogen) atoms. The summed E-state index contributed by atoms with van der Waals surface area (Å²) >= 11 is 4.86. The Hall–Kier alpha value is -1.18. The van der Waals surface area contributed by atoms with E-state index < -0.39 is 0 Å². The summed E-state index contributed by atoms with van der Waals surface area (Å²) in [5, 5.41) is 2.76. The van der Waals surface area contributed by atoms with Gasteiger partial charge in [0.1, 0.15) is 5.76 Å². The molecule has 136 valence electrons. The Morgan fingerprint density at radius 1 is 1.40 bits per heavy atom. The number of amides is 1. The van der Waals surface area contributed by atoms with E-state index in [-0.39, 0.29) is 18.0 Å². The van der Waals surface area contributed by atoms with E-state index in [0.29, 0.717) is 11.2 Å². The number of thiazole rings is 1. The molecule has 0 bridgehead atoms. The van der Waals surface area contributed by atoms with Crippen LogP contribution >= 0.6 is 27.3 Å². The van der Waals surface area contributed by atoms with E-state index >= 15 is 0 Å². The highest BCUT2D eigenvalue weighted by atomic mass is 79.9. The minimum absolute atomic E-state index is 0.120. The first-order chi connectivity index (χ1) is 12.1. The van der Waals surface area contributed by atoms with Crippen molar-refractivity contribution >= 4 is 38.3 Å². The zero-order chi connectivity index (χ0) is 17.8. The van der Waals surface area contributed by atoms with Gasteiger partial charge in [0.15, 0.2) is 9.80 Å². The third-order valence-electron chi connectivity index (χ3n) is 4.86. The van der Waals surface area contributed by atoms with Crippen molar-refractivity contribution in [1.82, 2.24) is 9.88 Å². The predicted molar refractivity (Wildman–Crippen MR) is 104 cm³/mol. The van der Waals surface area contributed by atoms with Crippen molar-refractivity contribution in [2.45, 2.75) is 57.7 Å². The molecule has 2 aromatic rings. The summed E-state index contributed by atoms with van der Waals surface area (Å²) in [6, 6.07) is 3.83. The van der Waals surface area contributed by atoms with Crippen LogP contribution in [0.25, 0.3) is 0 Å². The van der Waals surface area contributed by atoms with E-state index in [1.54, 1.807) is 17.5 Å². The third-order valence-corrected chi connectivity index (χ3v) is 6.05. The smallest absolute Gasteiger partial charge is 0.246 e. The summed E-state index contributed by atoms with van der Waals surface area (Å²) < 4.78 is 6.28. The molecule has 0 N–H and O–H groups in total. The van der Waals surface area contributed by atoms with Crippen LogP contribution in [-0.4, -0.2) is 34.9 Å². The maximum absolute atomic E-state index is 13.3. The van der Waals surface area contributed by atoms with Crippen molar-refractivity contribution in [2.24, 2.45) is 0 Å². The molecule has 2 heterocycles. The molecule has 0 spiro atoms. The molecular weight excluding hydrogens is 402 g/mol. The minimum Gasteiger partial charge on any atom is -0.453 e. The maximum Gasteiger partial charge on any atom is 0.246 e. The first-order valence-corrected chi connectivity index (χ1v) is 10.4. The molecule has 1 aliphatic rings. The van der Waals surface area contributed by atoms with Crippen LogP contribution in [0.3, 0.4) is 0 Å². The number of anilines is 1. The Balaban J connectivity index is 1.74. The highest BCUT2D eigenvalue weighted by Gasteiger charge is 2.33. The van der Waals surface area contributed by atoms with Gasteiger partial charge in [-0.25, -0.2) is 4.98 Å². The number of furan rings is 1. The third kappa shape index (κ3) is 4.51. The summed E-state index contributed by atoms with van der Waals surface area (Å²) in [5.41, 5.74) is 0. The molecule has 3 rings (SSSR count). The van der Waals surface area contributed by atoms with E-state index in [1.807, 2.05) is 41.3 Å². The topological polar surface area (TPSA) is 49.6 Å². The molecule has 0 aromatic carbocycles. The molecule has 1 fully saturated rings. The number of likely N-dealkylation sites (N-methyl/N-ethyl adjacent to an activating group) is 1. The predicted octanol–water partition coefficient (Wildman–Crippen LogP) is 4.68. The standard InChI is InChI=1S/C18H24BrN3O2S/c1-13(21(2)12-15-8-9-16(19)24-15)17(23)22(18-20-10-11-25-18)14-6-4-3-5-7-14/h8-11,13-14H,3-7,12H2,1-2H3/t13-/m1/s1. The van der Waals surface area contributed by atoms with E-state index in [1.165, 1.54) is 19.3 Å². The van der Waals surface area contributed by atoms with Crippen molar-refractivity contribution in [1.29, 1.82) is 0 Å². The monoisotopic (exact) mass is 425 g/mol. The van der Waals surface area contributed by atoms with Gasteiger partial charge in [0.2, 0.25) is 5.91 Å². The molecule has 7 heteroatoms. The van der Waals surface area contributed by atoms with Crippen LogP contribution in [0.5, 0.6) is 0 Å². The zero-order valence-electron chi connectivity index (χ0n) is 14.7. The molecule has 0 unspecified atom stereocenters. The molecule has 0 radical (unpaired) electrons. The van der Waals surface area contributed by atoms with Gasteiger partial charge in [0.25, 0.3) is 0 Å². The SMILES string of the molecule is C[C@H](C(=O)N(c1nccs1)C1CCCCC1)N(C)Cc1ccc(Br)o1.